The first-order valence-corrected chi connectivity index (χ1v) is 4.51. The second-order valence-corrected chi connectivity index (χ2v) is 3.32. The van der Waals surface area contributed by atoms with Crippen molar-refractivity contribution < 1.29 is 0 Å². The number of H-pyrrole nitrogens is 1. The summed E-state index contributed by atoms with van der Waals surface area (Å²) >= 11 is 0. The number of aromatic amines is 1. The third kappa shape index (κ3) is 1.89. The molecule has 0 saturated carbocycles. The maximum Gasteiger partial charge on any atom is 0.136 e. The van der Waals surface area contributed by atoms with E-state index in [9.17, 15) is 0 Å². The number of aliphatic imine (C=N–C) groups is 1. The van der Waals surface area contributed by atoms with Gasteiger partial charge in [-0.3, -0.25) is 0 Å². The van der Waals surface area contributed by atoms with E-state index >= 15 is 0 Å². The zero-order valence-corrected chi connectivity index (χ0v) is 8.46. The Labute approximate surface area is 79.4 Å². The van der Waals surface area contributed by atoms with Crippen LogP contribution in [0.15, 0.2) is 17.3 Å². The Kier molecular flexibility index (Phi) is 3.07. The molecule has 0 unspecified atom stereocenters. The molecule has 2 nitrogen and oxygen atoms in total. The minimum atomic E-state index is 0.512. The molecular formula is C11H16N2. The first-order chi connectivity index (χ1) is 6.20. The predicted molar refractivity (Wildman–Crippen MR) is 58.8 cm³/mol. The van der Waals surface area contributed by atoms with Crippen molar-refractivity contribution in [3.63, 3.8) is 0 Å². The second-order valence-electron chi connectivity index (χ2n) is 3.32. The highest BCUT2D eigenvalue weighted by Crippen LogP contribution is 2.28. The van der Waals surface area contributed by atoms with E-state index in [4.69, 9.17) is 0 Å². The Morgan fingerprint density at radius 1 is 1.54 bits per heavy atom. The Morgan fingerprint density at radius 2 is 2.23 bits per heavy atom. The first-order valence-electron chi connectivity index (χ1n) is 4.51. The van der Waals surface area contributed by atoms with E-state index in [1.807, 2.05) is 19.2 Å². The molecule has 0 atom stereocenters. The van der Waals surface area contributed by atoms with E-state index < -0.39 is 0 Å². The molecular weight excluding hydrogens is 160 g/mol. The molecule has 0 aliphatic rings. The van der Waals surface area contributed by atoms with Crippen LogP contribution in [0.1, 0.15) is 37.8 Å². The molecule has 0 radical (unpaired) electrons. The normalized spacial score (nSPS) is 11.4. The number of nitrogens with one attached hydrogen (secondary N) is 1. The lowest BCUT2D eigenvalue weighted by molar-refractivity contribution is 0.866. The molecule has 1 N–H and O–H groups in total. The fourth-order valence-corrected chi connectivity index (χ4v) is 1.39. The molecule has 2 heteroatoms. The van der Waals surface area contributed by atoms with Gasteiger partial charge in [0.25, 0.3) is 0 Å². The molecule has 0 saturated heterocycles. The van der Waals surface area contributed by atoms with Gasteiger partial charge >= 0.3 is 0 Å². The Bertz CT molecular complexity index is 319. The number of allylic oxidation sites excluding steroid dienone is 1. The van der Waals surface area contributed by atoms with Gasteiger partial charge in [-0.1, -0.05) is 26.0 Å². The van der Waals surface area contributed by atoms with E-state index in [1.54, 1.807) is 0 Å². The Balaban J connectivity index is 3.21. The minimum Gasteiger partial charge on any atom is -0.346 e. The first kappa shape index (κ1) is 9.78. The molecule has 1 aromatic rings. The van der Waals surface area contributed by atoms with Gasteiger partial charge in [0, 0.05) is 11.8 Å². The lowest BCUT2D eigenvalue weighted by Gasteiger charge is -2.03. The molecule has 0 spiro atoms. The molecule has 13 heavy (non-hydrogen) atoms. The fourth-order valence-electron chi connectivity index (χ4n) is 1.39. The summed E-state index contributed by atoms with van der Waals surface area (Å²) in [6.45, 7) is 9.87. The van der Waals surface area contributed by atoms with Crippen LogP contribution in [-0.2, 0) is 0 Å². The number of hydrogen-bond donors (Lipinski definition) is 1. The minimum absolute atomic E-state index is 0.512. The molecule has 0 fully saturated rings. The zero-order valence-electron chi connectivity index (χ0n) is 8.46. The molecule has 0 aliphatic carbocycles. The monoisotopic (exact) mass is 176 g/mol. The van der Waals surface area contributed by atoms with Crippen LogP contribution in [0.5, 0.6) is 0 Å². The van der Waals surface area contributed by atoms with Gasteiger partial charge in [-0.05, 0) is 25.1 Å². The van der Waals surface area contributed by atoms with Gasteiger partial charge in [-0.25, -0.2) is 4.99 Å². The molecule has 1 heterocycles. The van der Waals surface area contributed by atoms with E-state index in [2.05, 4.69) is 36.6 Å². The van der Waals surface area contributed by atoms with Crippen LogP contribution >= 0.6 is 0 Å². The summed E-state index contributed by atoms with van der Waals surface area (Å²) in [5.41, 5.74) is 2.45. The summed E-state index contributed by atoms with van der Waals surface area (Å²) in [6, 6.07) is 0. The van der Waals surface area contributed by atoms with Crippen molar-refractivity contribution in [1.29, 1.82) is 0 Å². The van der Waals surface area contributed by atoms with Crippen molar-refractivity contribution in [2.24, 2.45) is 4.99 Å². The van der Waals surface area contributed by atoms with Crippen LogP contribution in [0, 0.1) is 0 Å². The number of hydrogen-bond acceptors (Lipinski definition) is 1. The van der Waals surface area contributed by atoms with Crippen molar-refractivity contribution in [2.45, 2.75) is 26.7 Å². The van der Waals surface area contributed by atoms with E-state index in [0.29, 0.717) is 5.92 Å². The topological polar surface area (TPSA) is 28.1 Å². The van der Waals surface area contributed by atoms with Gasteiger partial charge in [0.05, 0.1) is 0 Å². The number of rotatable bonds is 3. The van der Waals surface area contributed by atoms with Crippen molar-refractivity contribution in [3.8, 4) is 0 Å². The molecule has 0 bridgehead atoms. The summed E-state index contributed by atoms with van der Waals surface area (Å²) in [5, 5.41) is 0. The average molecular weight is 176 g/mol. The zero-order chi connectivity index (χ0) is 9.84. The third-order valence-corrected chi connectivity index (χ3v) is 2.04. The number of nitrogens with zero attached hydrogens (tertiary/aromatic N) is 1. The summed E-state index contributed by atoms with van der Waals surface area (Å²) in [5.74, 6) is 1.37. The second kappa shape index (κ2) is 4.08. The number of aromatic nitrogens is 1. The van der Waals surface area contributed by atoms with E-state index in [1.165, 1.54) is 5.56 Å². The van der Waals surface area contributed by atoms with Crippen molar-refractivity contribution >= 4 is 18.6 Å². The smallest absolute Gasteiger partial charge is 0.136 e. The van der Waals surface area contributed by atoms with Crippen LogP contribution in [0.2, 0.25) is 0 Å². The highest BCUT2D eigenvalue weighted by atomic mass is 14.9. The van der Waals surface area contributed by atoms with Gasteiger partial charge in [-0.15, -0.1) is 0 Å². The summed E-state index contributed by atoms with van der Waals surface area (Å²) in [7, 11) is 0. The van der Waals surface area contributed by atoms with Gasteiger partial charge < -0.3 is 4.98 Å². The molecule has 0 aliphatic heterocycles. The molecule has 1 rings (SSSR count). The van der Waals surface area contributed by atoms with Crippen molar-refractivity contribution in [3.05, 3.63) is 23.4 Å². The lowest BCUT2D eigenvalue weighted by atomic mass is 10.0. The quantitative estimate of drug-likeness (QED) is 0.683. The molecule has 0 amide bonds. The van der Waals surface area contributed by atoms with E-state index in [0.717, 1.165) is 11.4 Å². The highest BCUT2D eigenvalue weighted by Gasteiger charge is 2.09. The van der Waals surface area contributed by atoms with Crippen LogP contribution in [0.4, 0.5) is 5.82 Å². The largest absolute Gasteiger partial charge is 0.346 e. The third-order valence-electron chi connectivity index (χ3n) is 2.04. The van der Waals surface area contributed by atoms with Crippen LogP contribution in [0.25, 0.3) is 6.08 Å². The average Bonchev–Trinajstić information content (AvgIpc) is 2.48. The van der Waals surface area contributed by atoms with Gasteiger partial charge in [-0.2, -0.15) is 0 Å². The Morgan fingerprint density at radius 3 is 2.69 bits per heavy atom. The molecule has 70 valence electrons. The van der Waals surface area contributed by atoms with E-state index in [-0.39, 0.29) is 0 Å². The fraction of sp³-hybridized carbons (Fsp3) is 0.364. The summed E-state index contributed by atoms with van der Waals surface area (Å²) in [4.78, 5) is 7.05. The van der Waals surface area contributed by atoms with Gasteiger partial charge in [0.15, 0.2) is 0 Å². The molecule has 0 aromatic carbocycles. The maximum atomic E-state index is 3.94. The highest BCUT2D eigenvalue weighted by molar-refractivity contribution is 5.67. The SMILES string of the molecule is C=Nc1[nH]cc(C(C)C)c1C=CC. The maximum absolute atomic E-state index is 3.94. The van der Waals surface area contributed by atoms with Crippen LogP contribution < -0.4 is 0 Å². The van der Waals surface area contributed by atoms with Crippen molar-refractivity contribution in [1.82, 2.24) is 4.98 Å². The van der Waals surface area contributed by atoms with Crippen LogP contribution in [-0.4, -0.2) is 11.7 Å². The van der Waals surface area contributed by atoms with Gasteiger partial charge in [0.2, 0.25) is 0 Å². The van der Waals surface area contributed by atoms with Crippen molar-refractivity contribution in [2.75, 3.05) is 0 Å². The summed E-state index contributed by atoms with van der Waals surface area (Å²) in [6.07, 6.45) is 6.09. The molecule has 1 aromatic heterocycles. The van der Waals surface area contributed by atoms with Crippen LogP contribution in [0.3, 0.4) is 0 Å². The van der Waals surface area contributed by atoms with Gasteiger partial charge in [0.1, 0.15) is 5.82 Å². The summed E-state index contributed by atoms with van der Waals surface area (Å²) < 4.78 is 0. The Hall–Kier alpha value is -1.31. The predicted octanol–water partition coefficient (Wildman–Crippen LogP) is 3.50. The standard InChI is InChI=1S/C11H16N2/c1-5-6-9-10(8(2)3)7-13-11(9)12-4/h5-8,13H,4H2,1-3H3. The lowest BCUT2D eigenvalue weighted by Crippen LogP contribution is -1.86.